The van der Waals surface area contributed by atoms with Crippen molar-refractivity contribution in [2.45, 2.75) is 18.8 Å². The Hall–Kier alpha value is -4.03. The van der Waals surface area contributed by atoms with Gasteiger partial charge < -0.3 is 15.5 Å². The minimum atomic E-state index is -4.41. The van der Waals surface area contributed by atoms with Crippen molar-refractivity contribution in [1.82, 2.24) is 30.4 Å². The lowest BCUT2D eigenvalue weighted by Crippen LogP contribution is -2.57. The van der Waals surface area contributed by atoms with Crippen LogP contribution in [0.5, 0.6) is 0 Å². The molecule has 0 bridgehead atoms. The zero-order valence-corrected chi connectivity index (χ0v) is 20.8. The maximum atomic E-state index is 13.0. The zero-order chi connectivity index (χ0) is 26.3. The van der Waals surface area contributed by atoms with Crippen molar-refractivity contribution in [2.24, 2.45) is 0 Å². The number of amides is 1. The number of rotatable bonds is 5. The van der Waals surface area contributed by atoms with Crippen molar-refractivity contribution in [3.05, 3.63) is 77.6 Å². The van der Waals surface area contributed by atoms with Crippen LogP contribution in [0.1, 0.15) is 11.1 Å². The summed E-state index contributed by atoms with van der Waals surface area (Å²) in [6.07, 6.45) is -1.31. The summed E-state index contributed by atoms with van der Waals surface area (Å²) in [5.41, 5.74) is 1.19. The lowest BCUT2D eigenvalue weighted by molar-refractivity contribution is -0.137. The molecule has 1 aliphatic heterocycles. The Labute approximate surface area is 219 Å². The highest BCUT2D eigenvalue weighted by molar-refractivity contribution is 7.17. The molecule has 6 rings (SSSR count). The van der Waals surface area contributed by atoms with Crippen LogP contribution >= 0.6 is 11.3 Å². The van der Waals surface area contributed by atoms with Gasteiger partial charge in [0, 0.05) is 37.1 Å². The summed E-state index contributed by atoms with van der Waals surface area (Å²) in [4.78, 5) is 23.7. The molecule has 5 aromatic rings. The molecule has 1 amide bonds. The Balaban J connectivity index is 1.17. The Morgan fingerprint density at radius 3 is 2.79 bits per heavy atom. The Morgan fingerprint density at radius 1 is 1.13 bits per heavy atom. The van der Waals surface area contributed by atoms with Gasteiger partial charge in [-0.25, -0.2) is 14.6 Å². The second-order valence-electron chi connectivity index (χ2n) is 9.02. The summed E-state index contributed by atoms with van der Waals surface area (Å²) in [6.45, 7) is 2.03. The van der Waals surface area contributed by atoms with Crippen molar-refractivity contribution in [2.75, 3.05) is 24.5 Å². The van der Waals surface area contributed by atoms with E-state index in [1.165, 1.54) is 27.8 Å². The fourth-order valence-corrected chi connectivity index (χ4v) is 5.34. The average molecular weight is 538 g/mol. The highest BCUT2D eigenvalue weighted by atomic mass is 32.1. The molecule has 2 N–H and O–H groups in total. The predicted octanol–water partition coefficient (Wildman–Crippen LogP) is 4.14. The first-order valence-corrected chi connectivity index (χ1v) is 12.8. The van der Waals surface area contributed by atoms with E-state index in [2.05, 4.69) is 43.9 Å². The Bertz CT molecular complexity index is 1610. The molecule has 1 saturated heterocycles. The highest BCUT2D eigenvalue weighted by Crippen LogP contribution is 2.30. The van der Waals surface area contributed by atoms with E-state index in [-0.39, 0.29) is 5.91 Å². The van der Waals surface area contributed by atoms with Crippen molar-refractivity contribution in [3.63, 3.8) is 0 Å². The quantitative estimate of drug-likeness (QED) is 0.351. The van der Waals surface area contributed by atoms with Gasteiger partial charge in [0.05, 0.1) is 16.6 Å². The van der Waals surface area contributed by atoms with Gasteiger partial charge in [-0.1, -0.05) is 6.07 Å². The van der Waals surface area contributed by atoms with Gasteiger partial charge in [0.2, 0.25) is 5.91 Å². The number of hydrogen-bond acceptors (Lipinski definition) is 7. The molecule has 8 nitrogen and oxygen atoms in total. The van der Waals surface area contributed by atoms with Crippen LogP contribution in [-0.2, 0) is 17.5 Å². The lowest BCUT2D eigenvalue weighted by atomic mass is 10.1. The van der Waals surface area contributed by atoms with Crippen molar-refractivity contribution in [3.8, 4) is 5.69 Å². The van der Waals surface area contributed by atoms with Crippen LogP contribution in [0.4, 0.5) is 19.0 Å². The van der Waals surface area contributed by atoms with Crippen LogP contribution in [0.3, 0.4) is 0 Å². The highest BCUT2D eigenvalue weighted by Gasteiger charge is 2.30. The van der Waals surface area contributed by atoms with Gasteiger partial charge >= 0.3 is 6.18 Å². The van der Waals surface area contributed by atoms with Gasteiger partial charge in [0.15, 0.2) is 5.65 Å². The molecule has 1 aliphatic rings. The monoisotopic (exact) mass is 537 g/mol. The smallest absolute Gasteiger partial charge is 0.353 e. The maximum Gasteiger partial charge on any atom is 0.416 e. The molecule has 0 saturated carbocycles. The molecule has 2 aromatic carbocycles. The number of thiophene rings is 1. The van der Waals surface area contributed by atoms with Crippen molar-refractivity contribution >= 4 is 44.2 Å². The van der Waals surface area contributed by atoms with Gasteiger partial charge in [-0.05, 0) is 58.8 Å². The second-order valence-corrected chi connectivity index (χ2v) is 9.96. The molecule has 1 atom stereocenters. The average Bonchev–Trinajstić information content (AvgIpc) is 3.58. The number of benzene rings is 2. The van der Waals surface area contributed by atoms with Crippen LogP contribution in [-0.4, -0.2) is 51.3 Å². The molecule has 38 heavy (non-hydrogen) atoms. The minimum Gasteiger partial charge on any atom is -0.353 e. The summed E-state index contributed by atoms with van der Waals surface area (Å²) in [7, 11) is 0. The van der Waals surface area contributed by atoms with Gasteiger partial charge in [-0.3, -0.25) is 4.79 Å². The van der Waals surface area contributed by atoms with E-state index in [1.807, 2.05) is 16.3 Å². The van der Waals surface area contributed by atoms with Crippen molar-refractivity contribution < 1.29 is 18.0 Å². The van der Waals surface area contributed by atoms with E-state index in [0.29, 0.717) is 48.7 Å². The molecule has 4 heterocycles. The molecule has 0 aliphatic carbocycles. The van der Waals surface area contributed by atoms with Crippen LogP contribution in [0.15, 0.2) is 66.4 Å². The number of aromatic nitrogens is 4. The van der Waals surface area contributed by atoms with Gasteiger partial charge in [0.1, 0.15) is 18.2 Å². The SMILES string of the molecule is O=C(NCc1ccc2sccc2c1)[C@@H]1CN(c2ncnc3nn(-c4ccc(C(F)(F)F)cc4)cc23)CCN1. The number of alkyl halides is 3. The number of carbonyl (C=O) groups excluding carboxylic acids is 1. The first kappa shape index (κ1) is 24.3. The van der Waals surface area contributed by atoms with Crippen molar-refractivity contribution in [1.29, 1.82) is 0 Å². The first-order chi connectivity index (χ1) is 18.3. The predicted molar refractivity (Wildman–Crippen MR) is 139 cm³/mol. The fourth-order valence-electron chi connectivity index (χ4n) is 4.57. The largest absolute Gasteiger partial charge is 0.416 e. The number of halogens is 3. The van der Waals surface area contributed by atoms with E-state index in [4.69, 9.17) is 0 Å². The maximum absolute atomic E-state index is 13.0. The van der Waals surface area contributed by atoms with Crippen LogP contribution in [0.25, 0.3) is 26.8 Å². The number of nitrogens with zero attached hydrogens (tertiary/aromatic N) is 5. The summed E-state index contributed by atoms with van der Waals surface area (Å²) in [6, 6.07) is 12.6. The number of anilines is 1. The topological polar surface area (TPSA) is 88.0 Å². The third-order valence-electron chi connectivity index (χ3n) is 6.53. The third-order valence-corrected chi connectivity index (χ3v) is 7.43. The number of piperazine rings is 1. The molecule has 1 fully saturated rings. The van der Waals surface area contributed by atoms with E-state index in [0.717, 1.165) is 23.1 Å². The first-order valence-electron chi connectivity index (χ1n) is 12.0. The molecular formula is C26H22F3N7OS. The molecule has 0 unspecified atom stereocenters. The summed E-state index contributed by atoms with van der Waals surface area (Å²) in [5.74, 6) is 0.515. The fraction of sp³-hybridized carbons (Fsp3) is 0.231. The minimum absolute atomic E-state index is 0.106. The Kier molecular flexibility index (Phi) is 6.20. The standard InChI is InChI=1S/C26H22F3N7OS/c27-26(28,29)18-2-4-19(5-3-18)36-13-20-23(34-36)32-15-33-24(20)35-9-8-30-21(14-35)25(37)31-12-16-1-6-22-17(11-16)7-10-38-22/h1-7,10-11,13,15,21,30H,8-9,12,14H2,(H,31,37)/t21-/m0/s1. The number of hydrogen-bond donors (Lipinski definition) is 2. The molecule has 3 aromatic heterocycles. The zero-order valence-electron chi connectivity index (χ0n) is 19.9. The molecule has 0 spiro atoms. The van der Waals surface area contributed by atoms with Gasteiger partial charge in [0.25, 0.3) is 0 Å². The van der Waals surface area contributed by atoms with Crippen LogP contribution < -0.4 is 15.5 Å². The van der Waals surface area contributed by atoms with E-state index >= 15 is 0 Å². The Morgan fingerprint density at radius 2 is 1.97 bits per heavy atom. The lowest BCUT2D eigenvalue weighted by Gasteiger charge is -2.33. The number of fused-ring (bicyclic) bond motifs is 2. The number of nitrogens with one attached hydrogen (secondary N) is 2. The van der Waals surface area contributed by atoms with E-state index < -0.39 is 17.8 Å². The molecular weight excluding hydrogens is 515 g/mol. The summed E-state index contributed by atoms with van der Waals surface area (Å²) < 4.78 is 41.5. The van der Waals surface area contributed by atoms with E-state index in [1.54, 1.807) is 17.5 Å². The third kappa shape index (κ3) is 4.79. The van der Waals surface area contributed by atoms with Gasteiger partial charge in [-0.15, -0.1) is 16.4 Å². The van der Waals surface area contributed by atoms with Crippen LogP contribution in [0, 0.1) is 0 Å². The van der Waals surface area contributed by atoms with Crippen LogP contribution in [0.2, 0.25) is 0 Å². The summed E-state index contributed by atoms with van der Waals surface area (Å²) >= 11 is 1.68. The molecule has 0 radical (unpaired) electrons. The number of carbonyl (C=O) groups is 1. The summed E-state index contributed by atoms with van der Waals surface area (Å²) in [5, 5.41) is 14.6. The van der Waals surface area contributed by atoms with E-state index in [9.17, 15) is 18.0 Å². The van der Waals surface area contributed by atoms with Gasteiger partial charge in [-0.2, -0.15) is 13.2 Å². The molecule has 12 heteroatoms. The second kappa shape index (κ2) is 9.69. The normalized spacial score (nSPS) is 16.3. The molecule has 194 valence electrons.